The van der Waals surface area contributed by atoms with Crippen LogP contribution in [0, 0.1) is 0 Å². The lowest BCUT2D eigenvalue weighted by molar-refractivity contribution is -0.0679. The van der Waals surface area contributed by atoms with E-state index in [0.29, 0.717) is 12.0 Å². The summed E-state index contributed by atoms with van der Waals surface area (Å²) in [6.45, 7) is 3.44. The van der Waals surface area contributed by atoms with Gasteiger partial charge in [0.05, 0.1) is 6.10 Å². The molecule has 2 unspecified atom stereocenters. The smallest absolute Gasteiger partial charge is 0.113 e. The molecule has 13 heavy (non-hydrogen) atoms. The Labute approximate surface area is 78.1 Å². The molecule has 3 heteroatoms. The number of aromatic nitrogens is 1. The van der Waals surface area contributed by atoms with Crippen molar-refractivity contribution >= 4 is 0 Å². The Hall–Kier alpha value is -0.930. The molecule has 2 atom stereocenters. The summed E-state index contributed by atoms with van der Waals surface area (Å²) in [5.41, 5.74) is -0.491. The standard InChI is InChI=1S/C10H15NO2/c1-3-9(12)10(2,13)8-4-6-11-7-5-8/h4-7,9,12-13H,3H2,1-2H3. The summed E-state index contributed by atoms with van der Waals surface area (Å²) in [6.07, 6.45) is 2.99. The average molecular weight is 181 g/mol. The van der Waals surface area contributed by atoms with Crippen molar-refractivity contribution in [1.82, 2.24) is 4.98 Å². The van der Waals surface area contributed by atoms with Crippen LogP contribution in [-0.2, 0) is 5.60 Å². The highest BCUT2D eigenvalue weighted by atomic mass is 16.3. The van der Waals surface area contributed by atoms with Crippen molar-refractivity contribution in [2.24, 2.45) is 0 Å². The largest absolute Gasteiger partial charge is 0.390 e. The normalized spacial score (nSPS) is 17.8. The van der Waals surface area contributed by atoms with Gasteiger partial charge in [-0.3, -0.25) is 4.98 Å². The van der Waals surface area contributed by atoms with Crippen molar-refractivity contribution in [3.63, 3.8) is 0 Å². The molecule has 3 nitrogen and oxygen atoms in total. The molecule has 1 aromatic rings. The van der Waals surface area contributed by atoms with Crippen LogP contribution in [0.3, 0.4) is 0 Å². The molecule has 0 amide bonds. The Bertz CT molecular complexity index is 259. The first-order valence-electron chi connectivity index (χ1n) is 4.40. The molecule has 0 saturated carbocycles. The van der Waals surface area contributed by atoms with E-state index in [2.05, 4.69) is 4.98 Å². The van der Waals surface area contributed by atoms with E-state index in [1.165, 1.54) is 0 Å². The van der Waals surface area contributed by atoms with Crippen LogP contribution in [0.5, 0.6) is 0 Å². The second-order valence-electron chi connectivity index (χ2n) is 3.31. The maximum Gasteiger partial charge on any atom is 0.113 e. The molecule has 1 rings (SSSR count). The van der Waals surface area contributed by atoms with Crippen LogP contribution in [-0.4, -0.2) is 21.3 Å². The topological polar surface area (TPSA) is 53.4 Å². The van der Waals surface area contributed by atoms with Crippen LogP contribution in [0.15, 0.2) is 24.5 Å². The monoisotopic (exact) mass is 181 g/mol. The Morgan fingerprint density at radius 1 is 1.46 bits per heavy atom. The molecule has 0 aliphatic rings. The first kappa shape index (κ1) is 10.2. The van der Waals surface area contributed by atoms with Gasteiger partial charge in [0.25, 0.3) is 0 Å². The highest BCUT2D eigenvalue weighted by Gasteiger charge is 2.30. The Morgan fingerprint density at radius 2 is 2.00 bits per heavy atom. The van der Waals surface area contributed by atoms with Gasteiger partial charge in [-0.15, -0.1) is 0 Å². The van der Waals surface area contributed by atoms with E-state index in [0.717, 1.165) is 0 Å². The Balaban J connectivity index is 2.93. The Morgan fingerprint density at radius 3 is 2.46 bits per heavy atom. The van der Waals surface area contributed by atoms with Gasteiger partial charge in [0.15, 0.2) is 0 Å². The highest BCUT2D eigenvalue weighted by Crippen LogP contribution is 2.25. The van der Waals surface area contributed by atoms with Gasteiger partial charge in [0.2, 0.25) is 0 Å². The third kappa shape index (κ3) is 2.05. The number of rotatable bonds is 3. The van der Waals surface area contributed by atoms with Crippen molar-refractivity contribution in [3.8, 4) is 0 Å². The maximum atomic E-state index is 9.98. The molecule has 2 N–H and O–H groups in total. The van der Waals surface area contributed by atoms with E-state index in [1.807, 2.05) is 6.92 Å². The highest BCUT2D eigenvalue weighted by molar-refractivity contribution is 5.19. The van der Waals surface area contributed by atoms with Crippen molar-refractivity contribution in [2.45, 2.75) is 32.0 Å². The van der Waals surface area contributed by atoms with Crippen LogP contribution >= 0.6 is 0 Å². The van der Waals surface area contributed by atoms with Crippen LogP contribution in [0.1, 0.15) is 25.8 Å². The molecule has 0 spiro atoms. The third-order valence-corrected chi connectivity index (χ3v) is 2.30. The van der Waals surface area contributed by atoms with E-state index < -0.39 is 11.7 Å². The fourth-order valence-electron chi connectivity index (χ4n) is 1.28. The van der Waals surface area contributed by atoms with Gasteiger partial charge in [0, 0.05) is 12.4 Å². The number of hydrogen-bond acceptors (Lipinski definition) is 3. The van der Waals surface area contributed by atoms with Gasteiger partial charge in [-0.25, -0.2) is 0 Å². The quantitative estimate of drug-likeness (QED) is 0.733. The van der Waals surface area contributed by atoms with Gasteiger partial charge in [-0.1, -0.05) is 6.92 Å². The van der Waals surface area contributed by atoms with E-state index in [1.54, 1.807) is 31.5 Å². The van der Waals surface area contributed by atoms with Crippen LogP contribution < -0.4 is 0 Å². The molecule has 0 radical (unpaired) electrons. The summed E-state index contributed by atoms with van der Waals surface area (Å²) < 4.78 is 0. The van der Waals surface area contributed by atoms with E-state index >= 15 is 0 Å². The molecule has 1 aromatic heterocycles. The van der Waals surface area contributed by atoms with E-state index in [9.17, 15) is 10.2 Å². The van der Waals surface area contributed by atoms with Crippen LogP contribution in [0.25, 0.3) is 0 Å². The maximum absolute atomic E-state index is 9.98. The zero-order chi connectivity index (χ0) is 9.90. The molecule has 0 aliphatic heterocycles. The molecule has 0 aromatic carbocycles. The number of aliphatic hydroxyl groups is 2. The summed E-state index contributed by atoms with van der Waals surface area (Å²) in [5.74, 6) is 0. The number of nitrogens with zero attached hydrogens (tertiary/aromatic N) is 1. The molecular weight excluding hydrogens is 166 g/mol. The molecule has 72 valence electrons. The SMILES string of the molecule is CCC(O)C(C)(O)c1ccncc1. The van der Waals surface area contributed by atoms with Crippen molar-refractivity contribution in [3.05, 3.63) is 30.1 Å². The lowest BCUT2D eigenvalue weighted by Crippen LogP contribution is -2.35. The summed E-state index contributed by atoms with van der Waals surface area (Å²) >= 11 is 0. The fourth-order valence-corrected chi connectivity index (χ4v) is 1.28. The molecule has 1 heterocycles. The fraction of sp³-hybridized carbons (Fsp3) is 0.500. The lowest BCUT2D eigenvalue weighted by atomic mass is 9.89. The van der Waals surface area contributed by atoms with Crippen molar-refractivity contribution in [2.75, 3.05) is 0 Å². The van der Waals surface area contributed by atoms with Gasteiger partial charge < -0.3 is 10.2 Å². The van der Waals surface area contributed by atoms with Gasteiger partial charge >= 0.3 is 0 Å². The minimum atomic E-state index is -1.18. The van der Waals surface area contributed by atoms with Gasteiger partial charge in [-0.2, -0.15) is 0 Å². The summed E-state index contributed by atoms with van der Waals surface area (Å²) in [4.78, 5) is 3.85. The summed E-state index contributed by atoms with van der Waals surface area (Å²) in [6, 6.07) is 3.41. The van der Waals surface area contributed by atoms with E-state index in [-0.39, 0.29) is 0 Å². The van der Waals surface area contributed by atoms with E-state index in [4.69, 9.17) is 0 Å². The zero-order valence-corrected chi connectivity index (χ0v) is 7.94. The second-order valence-corrected chi connectivity index (χ2v) is 3.31. The van der Waals surface area contributed by atoms with Crippen LogP contribution in [0.2, 0.25) is 0 Å². The number of pyridine rings is 1. The summed E-state index contributed by atoms with van der Waals surface area (Å²) in [5, 5.41) is 19.5. The van der Waals surface area contributed by atoms with Gasteiger partial charge in [0.1, 0.15) is 5.60 Å². The van der Waals surface area contributed by atoms with Crippen LogP contribution in [0.4, 0.5) is 0 Å². The van der Waals surface area contributed by atoms with Crippen molar-refractivity contribution in [1.29, 1.82) is 0 Å². The molecular formula is C10H15NO2. The zero-order valence-electron chi connectivity index (χ0n) is 7.94. The average Bonchev–Trinajstić information content (AvgIpc) is 2.18. The first-order chi connectivity index (χ1) is 6.09. The number of hydrogen-bond donors (Lipinski definition) is 2. The third-order valence-electron chi connectivity index (χ3n) is 2.30. The first-order valence-corrected chi connectivity index (χ1v) is 4.40. The minimum Gasteiger partial charge on any atom is -0.390 e. The molecule has 0 fully saturated rings. The predicted molar refractivity (Wildman–Crippen MR) is 50.1 cm³/mol. The molecule has 0 saturated heterocycles. The Kier molecular flexibility index (Phi) is 3.01. The second kappa shape index (κ2) is 3.85. The lowest BCUT2D eigenvalue weighted by Gasteiger charge is -2.28. The number of aliphatic hydroxyl groups excluding tert-OH is 1. The van der Waals surface area contributed by atoms with Gasteiger partial charge in [-0.05, 0) is 31.0 Å². The predicted octanol–water partition coefficient (Wildman–Crippen LogP) is 1.06. The summed E-state index contributed by atoms with van der Waals surface area (Å²) in [7, 11) is 0. The molecule has 0 bridgehead atoms. The molecule has 0 aliphatic carbocycles. The van der Waals surface area contributed by atoms with Crippen molar-refractivity contribution < 1.29 is 10.2 Å². The minimum absolute atomic E-state index is 0.523.